The van der Waals surface area contributed by atoms with E-state index in [2.05, 4.69) is 13.8 Å². The number of rotatable bonds is 0. The fraction of sp³-hybridized carbons (Fsp3) is 0.889. The lowest BCUT2D eigenvalue weighted by Gasteiger charge is -2.21. The molecule has 0 N–H and O–H groups in total. The van der Waals surface area contributed by atoms with Crippen LogP contribution in [-0.2, 0) is 4.79 Å². The highest BCUT2D eigenvalue weighted by atomic mass is 16.1. The maximum Gasteiger partial charge on any atom is 0.136 e. The van der Waals surface area contributed by atoms with Crippen molar-refractivity contribution in [3.05, 3.63) is 0 Å². The Morgan fingerprint density at radius 1 is 1.40 bits per heavy atom. The second-order valence-corrected chi connectivity index (χ2v) is 4.32. The Hall–Kier alpha value is -0.330. The maximum atomic E-state index is 11.3. The van der Waals surface area contributed by atoms with Gasteiger partial charge in [0.05, 0.1) is 0 Å². The molecule has 0 amide bonds. The van der Waals surface area contributed by atoms with E-state index in [1.165, 1.54) is 6.42 Å². The van der Waals surface area contributed by atoms with Gasteiger partial charge < -0.3 is 0 Å². The summed E-state index contributed by atoms with van der Waals surface area (Å²) in [6.45, 7) is 4.50. The van der Waals surface area contributed by atoms with Crippen molar-refractivity contribution in [1.82, 2.24) is 0 Å². The van der Waals surface area contributed by atoms with Gasteiger partial charge in [-0.15, -0.1) is 0 Å². The summed E-state index contributed by atoms with van der Waals surface area (Å²) < 4.78 is 0. The zero-order valence-corrected chi connectivity index (χ0v) is 6.68. The summed E-state index contributed by atoms with van der Waals surface area (Å²) in [5.74, 6) is 1.66. The molecule has 0 unspecified atom stereocenters. The van der Waals surface area contributed by atoms with Crippen molar-refractivity contribution in [1.29, 1.82) is 0 Å². The Balaban J connectivity index is 2.35. The summed E-state index contributed by atoms with van der Waals surface area (Å²) >= 11 is 0. The van der Waals surface area contributed by atoms with Gasteiger partial charge in [0.25, 0.3) is 0 Å². The number of ketones is 1. The molecule has 0 saturated heterocycles. The number of carbonyl (C=O) groups is 1. The third kappa shape index (κ3) is 0.561. The Morgan fingerprint density at radius 2 is 2.10 bits per heavy atom. The van der Waals surface area contributed by atoms with Crippen LogP contribution in [0.5, 0.6) is 0 Å². The third-order valence-corrected chi connectivity index (χ3v) is 3.59. The van der Waals surface area contributed by atoms with Crippen LogP contribution in [0.1, 0.15) is 33.1 Å². The van der Waals surface area contributed by atoms with Crippen molar-refractivity contribution >= 4 is 5.78 Å². The summed E-state index contributed by atoms with van der Waals surface area (Å²) in [7, 11) is 0. The average molecular weight is 138 g/mol. The van der Waals surface area contributed by atoms with E-state index in [0.29, 0.717) is 23.0 Å². The lowest BCUT2D eigenvalue weighted by Crippen LogP contribution is -2.19. The van der Waals surface area contributed by atoms with E-state index < -0.39 is 0 Å². The lowest BCUT2D eigenvalue weighted by molar-refractivity contribution is -0.122. The van der Waals surface area contributed by atoms with Crippen LogP contribution in [0.4, 0.5) is 0 Å². The molecule has 2 rings (SSSR count). The molecule has 0 radical (unpaired) electrons. The topological polar surface area (TPSA) is 17.1 Å². The van der Waals surface area contributed by atoms with Gasteiger partial charge in [0.2, 0.25) is 0 Å². The van der Waals surface area contributed by atoms with Gasteiger partial charge in [-0.2, -0.15) is 0 Å². The molecule has 56 valence electrons. The van der Waals surface area contributed by atoms with E-state index in [1.807, 2.05) is 0 Å². The molecule has 0 aliphatic heterocycles. The van der Waals surface area contributed by atoms with Crippen molar-refractivity contribution in [2.24, 2.45) is 17.3 Å². The van der Waals surface area contributed by atoms with E-state index >= 15 is 0 Å². The molecular weight excluding hydrogens is 124 g/mol. The molecule has 2 aliphatic rings. The summed E-state index contributed by atoms with van der Waals surface area (Å²) in [5, 5.41) is 0. The highest BCUT2D eigenvalue weighted by Gasteiger charge is 2.52. The minimum Gasteiger partial charge on any atom is -0.299 e. The van der Waals surface area contributed by atoms with Gasteiger partial charge in [-0.3, -0.25) is 4.79 Å². The second-order valence-electron chi connectivity index (χ2n) is 4.32. The first-order chi connectivity index (χ1) is 4.62. The molecule has 2 atom stereocenters. The lowest BCUT2D eigenvalue weighted by atomic mass is 9.82. The third-order valence-electron chi connectivity index (χ3n) is 3.59. The van der Waals surface area contributed by atoms with Crippen LogP contribution < -0.4 is 0 Å². The van der Waals surface area contributed by atoms with E-state index in [4.69, 9.17) is 0 Å². The highest BCUT2D eigenvalue weighted by molar-refractivity contribution is 5.85. The van der Waals surface area contributed by atoms with Gasteiger partial charge in [0.15, 0.2) is 0 Å². The molecule has 2 fully saturated rings. The molecule has 2 aliphatic carbocycles. The van der Waals surface area contributed by atoms with Crippen molar-refractivity contribution in [3.8, 4) is 0 Å². The standard InChI is InChI=1S/C9H14O/c1-9(2)6-3-4-7(9)8(10)5-6/h6-7H,3-5H2,1-2H3/t6-,7-/m0/s1. The fourth-order valence-electron chi connectivity index (χ4n) is 2.72. The van der Waals surface area contributed by atoms with Crippen LogP contribution in [0.3, 0.4) is 0 Å². The number of hydrogen-bond acceptors (Lipinski definition) is 1. The van der Waals surface area contributed by atoms with E-state index in [9.17, 15) is 4.79 Å². The normalized spacial score (nSPS) is 42.8. The van der Waals surface area contributed by atoms with Crippen LogP contribution in [0.2, 0.25) is 0 Å². The first kappa shape index (κ1) is 6.38. The van der Waals surface area contributed by atoms with Gasteiger partial charge in [-0.25, -0.2) is 0 Å². The molecule has 0 aromatic carbocycles. The van der Waals surface area contributed by atoms with Crippen LogP contribution in [0.15, 0.2) is 0 Å². The summed E-state index contributed by atoms with van der Waals surface area (Å²) in [5.41, 5.74) is 0.344. The molecule has 1 nitrogen and oxygen atoms in total. The van der Waals surface area contributed by atoms with E-state index in [-0.39, 0.29) is 0 Å². The molecule has 0 aromatic rings. The average Bonchev–Trinajstić information content (AvgIpc) is 2.20. The van der Waals surface area contributed by atoms with E-state index in [0.717, 1.165) is 12.8 Å². The molecule has 0 spiro atoms. The minimum atomic E-state index is 0.344. The van der Waals surface area contributed by atoms with Crippen molar-refractivity contribution < 1.29 is 4.79 Å². The van der Waals surface area contributed by atoms with Gasteiger partial charge in [-0.1, -0.05) is 13.8 Å². The smallest absolute Gasteiger partial charge is 0.136 e. The largest absolute Gasteiger partial charge is 0.299 e. The van der Waals surface area contributed by atoms with Gasteiger partial charge >= 0.3 is 0 Å². The maximum absolute atomic E-state index is 11.3. The number of fused-ring (bicyclic) bond motifs is 2. The molecule has 0 heterocycles. The van der Waals surface area contributed by atoms with Crippen molar-refractivity contribution in [2.75, 3.05) is 0 Å². The van der Waals surface area contributed by atoms with Gasteiger partial charge in [-0.05, 0) is 24.2 Å². The molecule has 0 aromatic heterocycles. The Bertz CT molecular complexity index is 181. The van der Waals surface area contributed by atoms with Crippen LogP contribution in [-0.4, -0.2) is 5.78 Å². The SMILES string of the molecule is CC1(C)[C@H]2CC[C@H]1C(=O)C2. The first-order valence-electron chi connectivity index (χ1n) is 4.15. The molecule has 10 heavy (non-hydrogen) atoms. The second kappa shape index (κ2) is 1.63. The first-order valence-corrected chi connectivity index (χ1v) is 4.15. The molecule has 1 heteroatoms. The summed E-state index contributed by atoms with van der Waals surface area (Å²) in [4.78, 5) is 11.3. The van der Waals surface area contributed by atoms with Gasteiger partial charge in [0.1, 0.15) is 5.78 Å². The van der Waals surface area contributed by atoms with E-state index in [1.54, 1.807) is 0 Å². The fourth-order valence-corrected chi connectivity index (χ4v) is 2.72. The number of carbonyl (C=O) groups excluding carboxylic acids is 1. The molecule has 2 saturated carbocycles. The van der Waals surface area contributed by atoms with Crippen LogP contribution >= 0.6 is 0 Å². The van der Waals surface area contributed by atoms with Gasteiger partial charge in [0, 0.05) is 12.3 Å². The Morgan fingerprint density at radius 3 is 2.30 bits per heavy atom. The quantitative estimate of drug-likeness (QED) is 0.500. The monoisotopic (exact) mass is 138 g/mol. The predicted octanol–water partition coefficient (Wildman–Crippen LogP) is 2.01. The number of hydrogen-bond donors (Lipinski definition) is 0. The van der Waals surface area contributed by atoms with Crippen molar-refractivity contribution in [3.63, 3.8) is 0 Å². The zero-order valence-electron chi connectivity index (χ0n) is 6.68. The number of Topliss-reactive ketones (excluding diaryl/α,β-unsaturated/α-hetero) is 1. The zero-order chi connectivity index (χ0) is 7.35. The predicted molar refractivity (Wildman–Crippen MR) is 39.6 cm³/mol. The molecule has 2 bridgehead atoms. The van der Waals surface area contributed by atoms with Crippen LogP contribution in [0, 0.1) is 17.3 Å². The van der Waals surface area contributed by atoms with Crippen LogP contribution in [0.25, 0.3) is 0 Å². The van der Waals surface area contributed by atoms with Crippen molar-refractivity contribution in [2.45, 2.75) is 33.1 Å². The highest BCUT2D eigenvalue weighted by Crippen LogP contribution is 2.55. The minimum absolute atomic E-state index is 0.344. The summed E-state index contributed by atoms with van der Waals surface area (Å²) in [6, 6.07) is 0. The summed E-state index contributed by atoms with van der Waals surface area (Å²) in [6.07, 6.45) is 3.33. The molecular formula is C9H14O. The Labute approximate surface area is 61.8 Å². The Kier molecular flexibility index (Phi) is 1.04.